The first kappa shape index (κ1) is 26.3. The van der Waals surface area contributed by atoms with E-state index in [0.29, 0.717) is 41.5 Å². The van der Waals surface area contributed by atoms with Crippen LogP contribution in [0.3, 0.4) is 0 Å². The first-order valence-electron chi connectivity index (χ1n) is 11.8. The van der Waals surface area contributed by atoms with Crippen LogP contribution in [0.4, 0.5) is 13.2 Å². The van der Waals surface area contributed by atoms with Crippen LogP contribution in [0.2, 0.25) is 10.0 Å². The topological polar surface area (TPSA) is 54.8 Å². The number of aromatic nitrogens is 1. The molecule has 2 atom stereocenters. The van der Waals surface area contributed by atoms with Gasteiger partial charge in [-0.25, -0.2) is 0 Å². The van der Waals surface area contributed by atoms with Crippen molar-refractivity contribution in [3.63, 3.8) is 0 Å². The van der Waals surface area contributed by atoms with Crippen molar-refractivity contribution in [2.75, 3.05) is 19.7 Å². The molecule has 1 fully saturated rings. The molecule has 5 rings (SSSR count). The van der Waals surface area contributed by atoms with Crippen LogP contribution >= 0.6 is 23.2 Å². The summed E-state index contributed by atoms with van der Waals surface area (Å²) in [6.45, 7) is 2.83. The Morgan fingerprint density at radius 2 is 1.73 bits per heavy atom. The third kappa shape index (κ3) is 5.05. The second kappa shape index (κ2) is 9.75. The van der Waals surface area contributed by atoms with Crippen molar-refractivity contribution in [2.45, 2.75) is 43.4 Å². The summed E-state index contributed by atoms with van der Waals surface area (Å²) in [6.07, 6.45) is -2.13. The molecule has 196 valence electrons. The van der Waals surface area contributed by atoms with E-state index in [-0.39, 0.29) is 18.5 Å². The van der Waals surface area contributed by atoms with Gasteiger partial charge in [0.15, 0.2) is 0 Å². The number of aliphatic hydroxyl groups is 1. The van der Waals surface area contributed by atoms with Crippen LogP contribution in [0.25, 0.3) is 0 Å². The molecular formula is C27H25Cl2F3N2O3. The quantitative estimate of drug-likeness (QED) is 0.386. The lowest BCUT2D eigenvalue weighted by Gasteiger charge is -2.47. The molecule has 37 heavy (non-hydrogen) atoms. The van der Waals surface area contributed by atoms with Crippen molar-refractivity contribution in [3.8, 4) is 5.75 Å². The van der Waals surface area contributed by atoms with Crippen LogP contribution in [0.15, 0.2) is 60.8 Å². The van der Waals surface area contributed by atoms with E-state index in [2.05, 4.69) is 9.64 Å². The number of piperidine rings is 1. The Hall–Kier alpha value is -2.36. The lowest BCUT2D eigenvalue weighted by Crippen LogP contribution is -2.53. The maximum absolute atomic E-state index is 12.6. The molecule has 0 saturated carbocycles. The zero-order valence-electron chi connectivity index (χ0n) is 19.9. The van der Waals surface area contributed by atoms with Crippen LogP contribution < -0.4 is 4.74 Å². The van der Waals surface area contributed by atoms with Crippen molar-refractivity contribution in [1.29, 1.82) is 0 Å². The standard InChI is InChI=1S/C27H25Cl2F3N2O3/c1-25(16-35,18-4-6-21(7-5-18)36-27(30,31)32)34-11-8-26(9-12-34)24-22(3-2-10-33-24)23(37-26)17-13-19(28)15-20(29)14-17/h2-7,10,13-15,23,35H,8-9,11-12,16H2,1H3. The summed E-state index contributed by atoms with van der Waals surface area (Å²) in [6, 6.07) is 14.9. The highest BCUT2D eigenvalue weighted by Gasteiger charge is 2.50. The van der Waals surface area contributed by atoms with E-state index in [1.54, 1.807) is 24.4 Å². The maximum atomic E-state index is 12.6. The predicted molar refractivity (Wildman–Crippen MR) is 134 cm³/mol. The van der Waals surface area contributed by atoms with Gasteiger partial charge in [-0.15, -0.1) is 13.2 Å². The van der Waals surface area contributed by atoms with Crippen molar-refractivity contribution >= 4 is 23.2 Å². The van der Waals surface area contributed by atoms with Gasteiger partial charge in [-0.05, 0) is 67.3 Å². The molecule has 0 bridgehead atoms. The Bertz CT molecular complexity index is 1260. The average molecular weight is 553 g/mol. The normalized spacial score (nSPS) is 21.0. The molecule has 2 unspecified atom stereocenters. The fraction of sp³-hybridized carbons (Fsp3) is 0.370. The van der Waals surface area contributed by atoms with Crippen molar-refractivity contribution < 1.29 is 27.8 Å². The van der Waals surface area contributed by atoms with E-state index in [1.807, 2.05) is 31.2 Å². The van der Waals surface area contributed by atoms with Crippen molar-refractivity contribution in [3.05, 3.63) is 93.2 Å². The third-order valence-electron chi connectivity index (χ3n) is 7.37. The second-order valence-electron chi connectivity index (χ2n) is 9.63. The Morgan fingerprint density at radius 3 is 2.32 bits per heavy atom. The SMILES string of the molecule is CC(CO)(c1ccc(OC(F)(F)F)cc1)N1CCC2(CC1)OC(c1cc(Cl)cc(Cl)c1)c1cccnc12. The summed E-state index contributed by atoms with van der Waals surface area (Å²) < 4.78 is 48.4. The number of alkyl halides is 3. The number of hydrogen-bond donors (Lipinski definition) is 1. The first-order valence-corrected chi connectivity index (χ1v) is 12.6. The lowest BCUT2D eigenvalue weighted by molar-refractivity contribution is -0.274. The number of halogens is 5. The number of pyridine rings is 1. The Morgan fingerprint density at radius 1 is 1.08 bits per heavy atom. The molecule has 2 aliphatic rings. The van der Waals surface area contributed by atoms with Gasteiger partial charge in [-0.3, -0.25) is 9.88 Å². The van der Waals surface area contributed by atoms with Gasteiger partial charge in [0.1, 0.15) is 17.5 Å². The average Bonchev–Trinajstić information content (AvgIpc) is 3.17. The first-order chi connectivity index (χ1) is 17.5. The summed E-state index contributed by atoms with van der Waals surface area (Å²) in [4.78, 5) is 6.83. The molecule has 1 spiro atoms. The van der Waals surface area contributed by atoms with Crippen molar-refractivity contribution in [2.24, 2.45) is 0 Å². The van der Waals surface area contributed by atoms with Crippen LogP contribution in [0.1, 0.15) is 48.3 Å². The summed E-state index contributed by atoms with van der Waals surface area (Å²) in [5, 5.41) is 11.4. The monoisotopic (exact) mass is 552 g/mol. The Balaban J connectivity index is 1.38. The minimum Gasteiger partial charge on any atom is -0.406 e. The van der Waals surface area contributed by atoms with Crippen LogP contribution in [0.5, 0.6) is 5.75 Å². The number of rotatable bonds is 5. The number of benzene rings is 2. The molecule has 0 aliphatic carbocycles. The highest BCUT2D eigenvalue weighted by atomic mass is 35.5. The summed E-state index contributed by atoms with van der Waals surface area (Å²) in [5.41, 5.74) is 1.98. The highest BCUT2D eigenvalue weighted by molar-refractivity contribution is 6.34. The summed E-state index contributed by atoms with van der Waals surface area (Å²) >= 11 is 12.5. The Kier molecular flexibility index (Phi) is 6.92. The molecule has 5 nitrogen and oxygen atoms in total. The molecule has 3 heterocycles. The van der Waals surface area contributed by atoms with Gasteiger partial charge in [0.05, 0.1) is 17.8 Å². The number of likely N-dealkylation sites (tertiary alicyclic amines) is 1. The molecular weight excluding hydrogens is 528 g/mol. The largest absolute Gasteiger partial charge is 0.573 e. The molecule has 1 N–H and O–H groups in total. The van der Waals surface area contributed by atoms with Crippen molar-refractivity contribution in [1.82, 2.24) is 9.88 Å². The van der Waals surface area contributed by atoms with Gasteiger partial charge in [-0.2, -0.15) is 0 Å². The number of aliphatic hydroxyl groups excluding tert-OH is 1. The maximum Gasteiger partial charge on any atom is 0.573 e. The number of nitrogens with zero attached hydrogens (tertiary/aromatic N) is 2. The summed E-state index contributed by atoms with van der Waals surface area (Å²) in [5.74, 6) is -0.302. The molecule has 0 radical (unpaired) electrons. The smallest absolute Gasteiger partial charge is 0.406 e. The molecule has 1 saturated heterocycles. The molecule has 0 amide bonds. The molecule has 3 aromatic rings. The molecule has 2 aliphatic heterocycles. The minimum atomic E-state index is -4.76. The van der Waals surface area contributed by atoms with E-state index < -0.39 is 17.5 Å². The molecule has 10 heteroatoms. The molecule has 1 aromatic heterocycles. The van der Waals surface area contributed by atoms with E-state index in [9.17, 15) is 18.3 Å². The lowest BCUT2D eigenvalue weighted by atomic mass is 9.82. The van der Waals surface area contributed by atoms with Gasteiger partial charge >= 0.3 is 6.36 Å². The summed E-state index contributed by atoms with van der Waals surface area (Å²) in [7, 11) is 0. The fourth-order valence-electron chi connectivity index (χ4n) is 5.43. The predicted octanol–water partition coefficient (Wildman–Crippen LogP) is 6.61. The van der Waals surface area contributed by atoms with Gasteiger partial charge in [0.25, 0.3) is 0 Å². The van der Waals surface area contributed by atoms with Gasteiger partial charge in [0, 0.05) is 34.9 Å². The van der Waals surface area contributed by atoms with Gasteiger partial charge in [0.2, 0.25) is 0 Å². The van der Waals surface area contributed by atoms with Crippen LogP contribution in [-0.4, -0.2) is 41.0 Å². The Labute approximate surface area is 222 Å². The number of ether oxygens (including phenoxy) is 2. The minimum absolute atomic E-state index is 0.210. The fourth-order valence-corrected chi connectivity index (χ4v) is 5.98. The number of hydrogen-bond acceptors (Lipinski definition) is 5. The van der Waals surface area contributed by atoms with E-state index in [1.165, 1.54) is 12.1 Å². The zero-order valence-corrected chi connectivity index (χ0v) is 21.4. The van der Waals surface area contributed by atoms with E-state index in [0.717, 1.165) is 16.8 Å². The van der Waals surface area contributed by atoms with Crippen LogP contribution in [-0.2, 0) is 15.9 Å². The van der Waals surface area contributed by atoms with E-state index >= 15 is 0 Å². The van der Waals surface area contributed by atoms with Gasteiger partial charge in [-0.1, -0.05) is 41.4 Å². The second-order valence-corrected chi connectivity index (χ2v) is 10.5. The van der Waals surface area contributed by atoms with E-state index in [4.69, 9.17) is 32.9 Å². The van der Waals surface area contributed by atoms with Gasteiger partial charge < -0.3 is 14.6 Å². The number of fused-ring (bicyclic) bond motifs is 2. The highest BCUT2D eigenvalue weighted by Crippen LogP contribution is 2.52. The van der Waals surface area contributed by atoms with Crippen LogP contribution in [0, 0.1) is 0 Å². The molecule has 2 aromatic carbocycles. The zero-order chi connectivity index (χ0) is 26.4. The third-order valence-corrected chi connectivity index (χ3v) is 7.81.